The fourth-order valence-corrected chi connectivity index (χ4v) is 3.00. The Hall–Kier alpha value is -2.04. The molecule has 5 heteroatoms. The van der Waals surface area contributed by atoms with Crippen LogP contribution >= 0.6 is 0 Å². The molecule has 0 aromatic heterocycles. The van der Waals surface area contributed by atoms with Crippen molar-refractivity contribution in [2.24, 2.45) is 0 Å². The minimum atomic E-state index is -0.251. The lowest BCUT2D eigenvalue weighted by Crippen LogP contribution is -2.36. The Labute approximate surface area is 125 Å². The number of anilines is 2. The normalized spacial score (nSPS) is 20.1. The van der Waals surface area contributed by atoms with Gasteiger partial charge in [-0.3, -0.25) is 9.59 Å². The monoisotopic (exact) mass is 290 g/mol. The van der Waals surface area contributed by atoms with Gasteiger partial charge in [0.1, 0.15) is 0 Å². The van der Waals surface area contributed by atoms with Gasteiger partial charge in [-0.25, -0.2) is 0 Å². The van der Waals surface area contributed by atoms with Crippen LogP contribution in [0.4, 0.5) is 11.4 Å². The largest absolute Gasteiger partial charge is 0.469 e. The maximum atomic E-state index is 11.9. The zero-order valence-corrected chi connectivity index (χ0v) is 13.2. The Bertz CT molecular complexity index is 569. The topological polar surface area (TPSA) is 49.9 Å². The lowest BCUT2D eigenvalue weighted by atomic mass is 9.92. The quantitative estimate of drug-likeness (QED) is 0.800. The number of carbonyl (C=O) groups excluding carboxylic acids is 2. The fraction of sp³-hybridized carbons (Fsp3) is 0.500. The summed E-state index contributed by atoms with van der Waals surface area (Å²) in [6.07, 6.45) is 0.283. The van der Waals surface area contributed by atoms with E-state index in [1.807, 2.05) is 38.1 Å². The van der Waals surface area contributed by atoms with Gasteiger partial charge in [0.2, 0.25) is 5.91 Å². The number of rotatable bonds is 3. The number of esters is 1. The summed E-state index contributed by atoms with van der Waals surface area (Å²) >= 11 is 0. The molecule has 5 nitrogen and oxygen atoms in total. The third kappa shape index (κ3) is 2.73. The third-order valence-corrected chi connectivity index (χ3v) is 4.13. The van der Waals surface area contributed by atoms with Crippen LogP contribution in [0, 0.1) is 0 Å². The molecular formula is C16H22N2O3. The average molecular weight is 290 g/mol. The Morgan fingerprint density at radius 3 is 2.52 bits per heavy atom. The van der Waals surface area contributed by atoms with Gasteiger partial charge in [-0.15, -0.1) is 0 Å². The van der Waals surface area contributed by atoms with E-state index in [-0.39, 0.29) is 30.3 Å². The van der Waals surface area contributed by atoms with Gasteiger partial charge in [-0.2, -0.15) is 0 Å². The van der Waals surface area contributed by atoms with Crippen molar-refractivity contribution in [1.82, 2.24) is 0 Å². The van der Waals surface area contributed by atoms with Gasteiger partial charge >= 0.3 is 5.97 Å². The molecule has 0 N–H and O–H groups in total. The molecule has 21 heavy (non-hydrogen) atoms. The first kappa shape index (κ1) is 15.4. The highest BCUT2D eigenvalue weighted by Gasteiger charge is 2.39. The van der Waals surface area contributed by atoms with Gasteiger partial charge in [-0.05, 0) is 30.7 Å². The Balaban J connectivity index is 2.47. The minimum Gasteiger partial charge on any atom is -0.469 e. The molecule has 1 aliphatic rings. The summed E-state index contributed by atoms with van der Waals surface area (Å²) in [5.41, 5.74) is 2.99. The number of amides is 1. The zero-order valence-electron chi connectivity index (χ0n) is 13.2. The first-order chi connectivity index (χ1) is 9.86. The molecule has 1 aromatic rings. The van der Waals surface area contributed by atoms with Crippen LogP contribution in [0.1, 0.15) is 31.7 Å². The summed E-state index contributed by atoms with van der Waals surface area (Å²) in [4.78, 5) is 27.4. The highest BCUT2D eigenvalue weighted by atomic mass is 16.5. The molecule has 0 spiro atoms. The van der Waals surface area contributed by atoms with E-state index in [1.165, 1.54) is 7.11 Å². The summed E-state index contributed by atoms with van der Waals surface area (Å²) in [6, 6.07) is 5.96. The van der Waals surface area contributed by atoms with Gasteiger partial charge in [0.05, 0.1) is 13.5 Å². The SMILES string of the molecule is COC(=O)CC1c2cc(N(C)C)ccc2N(C(C)=O)C1C. The highest BCUT2D eigenvalue weighted by molar-refractivity contribution is 5.96. The van der Waals surface area contributed by atoms with E-state index in [0.717, 1.165) is 16.9 Å². The van der Waals surface area contributed by atoms with Gasteiger partial charge in [0.25, 0.3) is 0 Å². The molecule has 1 aromatic carbocycles. The molecule has 1 heterocycles. The lowest BCUT2D eigenvalue weighted by Gasteiger charge is -2.23. The van der Waals surface area contributed by atoms with Crippen LogP contribution in [0.25, 0.3) is 0 Å². The second-order valence-electron chi connectivity index (χ2n) is 5.65. The summed E-state index contributed by atoms with van der Waals surface area (Å²) in [5, 5.41) is 0. The maximum Gasteiger partial charge on any atom is 0.306 e. The maximum absolute atomic E-state index is 11.9. The van der Waals surface area contributed by atoms with Crippen molar-refractivity contribution in [2.45, 2.75) is 32.2 Å². The Kier molecular flexibility index (Phi) is 4.21. The van der Waals surface area contributed by atoms with Gasteiger partial charge in [0.15, 0.2) is 0 Å². The third-order valence-electron chi connectivity index (χ3n) is 4.13. The molecule has 2 atom stereocenters. The smallest absolute Gasteiger partial charge is 0.306 e. The average Bonchev–Trinajstić information content (AvgIpc) is 2.70. The fourth-order valence-electron chi connectivity index (χ4n) is 3.00. The van der Waals surface area contributed by atoms with Crippen molar-refractivity contribution in [2.75, 3.05) is 31.0 Å². The molecule has 0 bridgehead atoms. The molecule has 1 amide bonds. The van der Waals surface area contributed by atoms with E-state index in [1.54, 1.807) is 11.8 Å². The van der Waals surface area contributed by atoms with E-state index < -0.39 is 0 Å². The molecule has 0 aliphatic carbocycles. The number of hydrogen-bond donors (Lipinski definition) is 0. The van der Waals surface area contributed by atoms with Crippen molar-refractivity contribution in [1.29, 1.82) is 0 Å². The number of benzene rings is 1. The molecule has 1 aliphatic heterocycles. The van der Waals surface area contributed by atoms with Crippen LogP contribution in [-0.4, -0.2) is 39.1 Å². The van der Waals surface area contributed by atoms with Gasteiger partial charge < -0.3 is 14.5 Å². The summed E-state index contributed by atoms with van der Waals surface area (Å²) in [5.74, 6) is -0.288. The van der Waals surface area contributed by atoms with Crippen molar-refractivity contribution in [3.05, 3.63) is 23.8 Å². The second-order valence-corrected chi connectivity index (χ2v) is 5.65. The molecule has 2 unspecified atom stereocenters. The van der Waals surface area contributed by atoms with Gasteiger partial charge in [0, 0.05) is 44.4 Å². The first-order valence-corrected chi connectivity index (χ1v) is 7.04. The number of methoxy groups -OCH3 is 1. The van der Waals surface area contributed by atoms with Gasteiger partial charge in [-0.1, -0.05) is 0 Å². The highest BCUT2D eigenvalue weighted by Crippen LogP contribution is 2.44. The summed E-state index contributed by atoms with van der Waals surface area (Å²) in [6.45, 7) is 3.53. The standard InChI is InChI=1S/C16H22N2O3/c1-10-13(9-16(20)21-5)14-8-12(17(3)4)6-7-15(14)18(10)11(2)19/h6-8,10,13H,9H2,1-5H3. The van der Waals surface area contributed by atoms with Crippen molar-refractivity contribution < 1.29 is 14.3 Å². The van der Waals surface area contributed by atoms with Crippen molar-refractivity contribution in [3.63, 3.8) is 0 Å². The molecule has 2 rings (SSSR count). The van der Waals surface area contributed by atoms with E-state index >= 15 is 0 Å². The van der Waals surface area contributed by atoms with Crippen LogP contribution in [0.2, 0.25) is 0 Å². The molecule has 0 radical (unpaired) electrons. The number of nitrogens with zero attached hydrogens (tertiary/aromatic N) is 2. The van der Waals surface area contributed by atoms with E-state index in [0.29, 0.717) is 0 Å². The minimum absolute atomic E-state index is 0.00582. The molecule has 0 saturated heterocycles. The molecule has 0 fully saturated rings. The second kappa shape index (κ2) is 5.76. The molecule has 0 saturated carbocycles. The molecular weight excluding hydrogens is 268 g/mol. The lowest BCUT2D eigenvalue weighted by molar-refractivity contribution is -0.141. The van der Waals surface area contributed by atoms with Crippen molar-refractivity contribution in [3.8, 4) is 0 Å². The molecule has 114 valence electrons. The summed E-state index contributed by atoms with van der Waals surface area (Å²) in [7, 11) is 5.33. The van der Waals surface area contributed by atoms with E-state index in [9.17, 15) is 9.59 Å². The van der Waals surface area contributed by atoms with Crippen LogP contribution in [0.3, 0.4) is 0 Å². The first-order valence-electron chi connectivity index (χ1n) is 7.04. The summed E-state index contributed by atoms with van der Waals surface area (Å²) < 4.78 is 4.80. The van der Waals surface area contributed by atoms with Crippen LogP contribution in [-0.2, 0) is 14.3 Å². The van der Waals surface area contributed by atoms with Crippen molar-refractivity contribution >= 4 is 23.3 Å². The van der Waals surface area contributed by atoms with E-state index in [2.05, 4.69) is 6.07 Å². The Morgan fingerprint density at radius 1 is 1.33 bits per heavy atom. The van der Waals surface area contributed by atoms with Crippen LogP contribution in [0.5, 0.6) is 0 Å². The Morgan fingerprint density at radius 2 is 2.00 bits per heavy atom. The zero-order chi connectivity index (χ0) is 15.7. The number of hydrogen-bond acceptors (Lipinski definition) is 4. The number of fused-ring (bicyclic) bond motifs is 1. The predicted octanol–water partition coefficient (Wildman–Crippen LogP) is 2.15. The van der Waals surface area contributed by atoms with Crippen LogP contribution in [0.15, 0.2) is 18.2 Å². The number of carbonyl (C=O) groups is 2. The van der Waals surface area contributed by atoms with Crippen LogP contribution < -0.4 is 9.80 Å². The number of ether oxygens (including phenoxy) is 1. The van der Waals surface area contributed by atoms with E-state index in [4.69, 9.17) is 4.74 Å². The predicted molar refractivity (Wildman–Crippen MR) is 82.8 cm³/mol.